The van der Waals surface area contributed by atoms with Gasteiger partial charge in [-0.3, -0.25) is 9.59 Å². The summed E-state index contributed by atoms with van der Waals surface area (Å²) in [7, 11) is 0. The van der Waals surface area contributed by atoms with Gasteiger partial charge in [-0.25, -0.2) is 4.68 Å². The highest BCUT2D eigenvalue weighted by molar-refractivity contribution is 6.02. The highest BCUT2D eigenvalue weighted by atomic mass is 16.2. The minimum absolute atomic E-state index is 0.198. The van der Waals surface area contributed by atoms with E-state index in [-0.39, 0.29) is 17.2 Å². The van der Waals surface area contributed by atoms with Gasteiger partial charge in [0.25, 0.3) is 11.5 Å². The van der Waals surface area contributed by atoms with Crippen molar-refractivity contribution < 1.29 is 4.79 Å². The summed E-state index contributed by atoms with van der Waals surface area (Å²) < 4.78 is 1.32. The molecule has 0 aliphatic heterocycles. The van der Waals surface area contributed by atoms with E-state index in [1.807, 2.05) is 31.2 Å². The Morgan fingerprint density at radius 2 is 1.84 bits per heavy atom. The summed E-state index contributed by atoms with van der Waals surface area (Å²) in [5.41, 5.74) is 1.85. The Labute approximate surface area is 148 Å². The van der Waals surface area contributed by atoms with E-state index in [0.29, 0.717) is 18.3 Å². The molecule has 0 radical (unpaired) electrons. The summed E-state index contributed by atoms with van der Waals surface area (Å²) in [5, 5.41) is 6.95. The largest absolute Gasteiger partial charge is 0.369 e. The third kappa shape index (κ3) is 4.68. The van der Waals surface area contributed by atoms with Crippen LogP contribution in [0.4, 0.5) is 11.4 Å². The first-order valence-corrected chi connectivity index (χ1v) is 8.72. The molecular formula is C19H26N4O2. The Kier molecular flexibility index (Phi) is 6.33. The van der Waals surface area contributed by atoms with Crippen molar-refractivity contribution in [2.75, 3.05) is 16.8 Å². The second-order valence-corrected chi connectivity index (χ2v) is 6.16. The van der Waals surface area contributed by atoms with Gasteiger partial charge in [0.15, 0.2) is 0 Å². The highest BCUT2D eigenvalue weighted by Gasteiger charge is 2.11. The molecule has 2 aromatic rings. The maximum absolute atomic E-state index is 12.4. The second-order valence-electron chi connectivity index (χ2n) is 6.16. The lowest BCUT2D eigenvalue weighted by atomic mass is 10.2. The quantitative estimate of drug-likeness (QED) is 0.839. The Balaban J connectivity index is 2.13. The maximum atomic E-state index is 12.4. The zero-order chi connectivity index (χ0) is 18.4. The highest BCUT2D eigenvalue weighted by Crippen LogP contribution is 2.20. The summed E-state index contributed by atoms with van der Waals surface area (Å²) in [6.45, 7) is 9.79. The van der Waals surface area contributed by atoms with Crippen molar-refractivity contribution in [2.24, 2.45) is 0 Å². The Morgan fingerprint density at radius 1 is 1.16 bits per heavy atom. The van der Waals surface area contributed by atoms with E-state index in [0.717, 1.165) is 18.7 Å². The maximum Gasteiger partial charge on any atom is 0.276 e. The van der Waals surface area contributed by atoms with Crippen LogP contribution >= 0.6 is 0 Å². The van der Waals surface area contributed by atoms with Gasteiger partial charge in [0.1, 0.15) is 5.69 Å². The molecule has 0 unspecified atom stereocenters. The number of carbonyl (C=O) groups excluding carboxylic acids is 1. The van der Waals surface area contributed by atoms with Crippen molar-refractivity contribution in [3.05, 3.63) is 52.4 Å². The predicted molar refractivity (Wildman–Crippen MR) is 101 cm³/mol. The Bertz CT molecular complexity index is 766. The van der Waals surface area contributed by atoms with Crippen LogP contribution in [0.1, 0.15) is 44.6 Å². The molecule has 6 nitrogen and oxygen atoms in total. The van der Waals surface area contributed by atoms with E-state index >= 15 is 0 Å². The molecule has 0 saturated carbocycles. The number of anilines is 2. The van der Waals surface area contributed by atoms with Crippen molar-refractivity contribution in [1.29, 1.82) is 0 Å². The first-order valence-electron chi connectivity index (χ1n) is 8.72. The molecule has 2 rings (SSSR count). The number of carbonyl (C=O) groups is 1. The number of amides is 1. The fraction of sp³-hybridized carbons (Fsp3) is 0.421. The van der Waals surface area contributed by atoms with Crippen molar-refractivity contribution in [3.63, 3.8) is 0 Å². The summed E-state index contributed by atoms with van der Waals surface area (Å²) in [6, 6.07) is 11.0. The summed E-state index contributed by atoms with van der Waals surface area (Å²) in [5.74, 6) is -0.325. The molecule has 1 amide bonds. The SMILES string of the molecule is CCCn1nc(C(=O)Nc2ccc(N(CC)C(C)C)cc2)ccc1=O. The number of aryl methyl sites for hydroxylation is 1. The minimum Gasteiger partial charge on any atom is -0.369 e. The second kappa shape index (κ2) is 8.46. The number of hydrogen-bond donors (Lipinski definition) is 1. The van der Waals surface area contributed by atoms with Gasteiger partial charge < -0.3 is 10.2 Å². The lowest BCUT2D eigenvalue weighted by Crippen LogP contribution is -2.30. The number of nitrogens with one attached hydrogen (secondary N) is 1. The minimum atomic E-state index is -0.325. The van der Waals surface area contributed by atoms with Crippen LogP contribution in [-0.2, 0) is 6.54 Å². The van der Waals surface area contributed by atoms with Crippen molar-refractivity contribution in [1.82, 2.24) is 9.78 Å². The summed E-state index contributed by atoms with van der Waals surface area (Å²) >= 11 is 0. The van der Waals surface area contributed by atoms with E-state index in [9.17, 15) is 9.59 Å². The van der Waals surface area contributed by atoms with Gasteiger partial charge >= 0.3 is 0 Å². The molecule has 1 aromatic heterocycles. The van der Waals surface area contributed by atoms with E-state index in [4.69, 9.17) is 0 Å². The number of benzene rings is 1. The average molecular weight is 342 g/mol. The molecule has 0 fully saturated rings. The van der Waals surface area contributed by atoms with Gasteiger partial charge in [-0.15, -0.1) is 0 Å². The number of aromatic nitrogens is 2. The number of rotatable bonds is 7. The van der Waals surface area contributed by atoms with Gasteiger partial charge in [-0.2, -0.15) is 5.10 Å². The molecule has 0 saturated heterocycles. The van der Waals surface area contributed by atoms with Crippen molar-refractivity contribution >= 4 is 17.3 Å². The van der Waals surface area contributed by atoms with Crippen LogP contribution < -0.4 is 15.8 Å². The molecule has 134 valence electrons. The van der Waals surface area contributed by atoms with Crippen LogP contribution in [0.3, 0.4) is 0 Å². The fourth-order valence-electron chi connectivity index (χ4n) is 2.72. The lowest BCUT2D eigenvalue weighted by Gasteiger charge is -2.27. The zero-order valence-corrected chi connectivity index (χ0v) is 15.3. The monoisotopic (exact) mass is 342 g/mol. The van der Waals surface area contributed by atoms with Gasteiger partial charge in [0.05, 0.1) is 0 Å². The standard InChI is InChI=1S/C19H26N4O2/c1-5-13-23-18(24)12-11-17(21-23)19(25)20-15-7-9-16(10-8-15)22(6-2)14(3)4/h7-12,14H,5-6,13H2,1-4H3,(H,20,25). The third-order valence-electron chi connectivity index (χ3n) is 3.96. The van der Waals surface area contributed by atoms with Gasteiger partial charge in [-0.1, -0.05) is 6.92 Å². The molecule has 1 aromatic carbocycles. The number of nitrogens with zero attached hydrogens (tertiary/aromatic N) is 3. The van der Waals surface area contributed by atoms with Crippen molar-refractivity contribution in [3.8, 4) is 0 Å². The van der Waals surface area contributed by atoms with Gasteiger partial charge in [-0.05, 0) is 57.5 Å². The topological polar surface area (TPSA) is 67.2 Å². The number of hydrogen-bond acceptors (Lipinski definition) is 4. The molecule has 1 N–H and O–H groups in total. The molecule has 6 heteroatoms. The van der Waals surface area contributed by atoms with Crippen LogP contribution in [0.25, 0.3) is 0 Å². The summed E-state index contributed by atoms with van der Waals surface area (Å²) in [4.78, 5) is 26.3. The Morgan fingerprint density at radius 3 is 2.40 bits per heavy atom. The van der Waals surface area contributed by atoms with E-state index in [1.54, 1.807) is 0 Å². The van der Waals surface area contributed by atoms with Crippen LogP contribution in [0.5, 0.6) is 0 Å². The molecule has 0 aliphatic carbocycles. The zero-order valence-electron chi connectivity index (χ0n) is 15.3. The molecule has 0 spiro atoms. The molecule has 0 bridgehead atoms. The van der Waals surface area contributed by atoms with Crippen LogP contribution in [0.2, 0.25) is 0 Å². The first-order chi connectivity index (χ1) is 12.0. The van der Waals surface area contributed by atoms with Crippen LogP contribution in [-0.4, -0.2) is 28.3 Å². The normalized spacial score (nSPS) is 10.8. The van der Waals surface area contributed by atoms with Gasteiger partial charge in [0, 0.05) is 36.6 Å². The summed E-state index contributed by atoms with van der Waals surface area (Å²) in [6.07, 6.45) is 0.781. The first kappa shape index (κ1) is 18.7. The molecule has 0 aliphatic rings. The van der Waals surface area contributed by atoms with E-state index < -0.39 is 0 Å². The lowest BCUT2D eigenvalue weighted by molar-refractivity contribution is 0.102. The molecule has 1 heterocycles. The Hall–Kier alpha value is -2.63. The van der Waals surface area contributed by atoms with Crippen molar-refractivity contribution in [2.45, 2.75) is 46.7 Å². The van der Waals surface area contributed by atoms with E-state index in [2.05, 4.69) is 36.1 Å². The predicted octanol–water partition coefficient (Wildman–Crippen LogP) is 3.14. The fourth-order valence-corrected chi connectivity index (χ4v) is 2.72. The third-order valence-corrected chi connectivity index (χ3v) is 3.96. The van der Waals surface area contributed by atoms with Gasteiger partial charge in [0.2, 0.25) is 0 Å². The molecule has 25 heavy (non-hydrogen) atoms. The van der Waals surface area contributed by atoms with Crippen LogP contribution in [0, 0.1) is 0 Å². The smallest absolute Gasteiger partial charge is 0.276 e. The molecular weight excluding hydrogens is 316 g/mol. The average Bonchev–Trinajstić information content (AvgIpc) is 2.59. The molecule has 0 atom stereocenters. The van der Waals surface area contributed by atoms with E-state index in [1.165, 1.54) is 16.8 Å². The van der Waals surface area contributed by atoms with Crippen LogP contribution in [0.15, 0.2) is 41.2 Å².